The molecule has 110 valence electrons. The van der Waals surface area contributed by atoms with E-state index in [2.05, 4.69) is 0 Å². The van der Waals surface area contributed by atoms with E-state index < -0.39 is 16.0 Å². The first-order chi connectivity index (χ1) is 9.29. The van der Waals surface area contributed by atoms with Crippen LogP contribution in [0.5, 0.6) is 0 Å². The van der Waals surface area contributed by atoms with Crippen molar-refractivity contribution in [3.05, 3.63) is 29.3 Å². The molecule has 0 radical (unpaired) electrons. The van der Waals surface area contributed by atoms with Gasteiger partial charge in [0.2, 0.25) is 10.0 Å². The van der Waals surface area contributed by atoms with Crippen LogP contribution in [0.2, 0.25) is 0 Å². The second kappa shape index (κ2) is 5.51. The Morgan fingerprint density at radius 3 is 2.30 bits per heavy atom. The fraction of sp³-hybridized carbons (Fsp3) is 0.462. The molecular formula is C13H17NO5S. The zero-order valence-electron chi connectivity index (χ0n) is 11.1. The van der Waals surface area contributed by atoms with Gasteiger partial charge in [-0.1, -0.05) is 11.6 Å². The lowest BCUT2D eigenvalue weighted by Gasteiger charge is -2.03. The first kappa shape index (κ1) is 15.0. The Kier molecular flexibility index (Phi) is 4.12. The van der Waals surface area contributed by atoms with Crippen molar-refractivity contribution < 1.29 is 23.1 Å². The summed E-state index contributed by atoms with van der Waals surface area (Å²) in [4.78, 5) is 10.3. The molecule has 7 heteroatoms. The molecule has 20 heavy (non-hydrogen) atoms. The molecule has 1 aromatic rings. The molecule has 3 N–H and O–H groups in total. The number of aromatic carboxylic acids is 1. The minimum absolute atomic E-state index is 0.299. The third-order valence-electron chi connectivity index (χ3n) is 3.34. The van der Waals surface area contributed by atoms with Crippen LogP contribution in [0.4, 0.5) is 0 Å². The summed E-state index contributed by atoms with van der Waals surface area (Å²) in [5.41, 5.74) is 0.363. The van der Waals surface area contributed by atoms with Crippen LogP contribution in [-0.2, 0) is 14.8 Å². The molecule has 0 bridgehead atoms. The molecular weight excluding hydrogens is 282 g/mol. The van der Waals surface area contributed by atoms with E-state index >= 15 is 0 Å². The minimum atomic E-state index is -3.98. The molecule has 2 aliphatic rings. The van der Waals surface area contributed by atoms with E-state index in [1.54, 1.807) is 6.92 Å². The monoisotopic (exact) mass is 299 g/mol. The maximum atomic E-state index is 11.0. The van der Waals surface area contributed by atoms with Crippen LogP contribution >= 0.6 is 0 Å². The fourth-order valence-electron chi connectivity index (χ4n) is 2.27. The summed E-state index contributed by atoms with van der Waals surface area (Å²) in [6.07, 6.45) is 5.51. The average molecular weight is 299 g/mol. The first-order valence-electron chi connectivity index (χ1n) is 6.31. The number of sulfonamides is 1. The normalized spacial score (nSPS) is 23.5. The van der Waals surface area contributed by atoms with Gasteiger partial charge in [-0.3, -0.25) is 0 Å². The van der Waals surface area contributed by atoms with Gasteiger partial charge in [0.25, 0.3) is 0 Å². The third kappa shape index (κ3) is 3.56. The Hall–Kier alpha value is -1.44. The second-order valence-electron chi connectivity index (χ2n) is 4.99. The quantitative estimate of drug-likeness (QED) is 0.799. The summed E-state index contributed by atoms with van der Waals surface area (Å²) in [5, 5.41) is 13.6. The van der Waals surface area contributed by atoms with Crippen molar-refractivity contribution >= 4 is 16.0 Å². The van der Waals surface area contributed by atoms with Crippen LogP contribution in [0.3, 0.4) is 0 Å². The van der Waals surface area contributed by atoms with Crippen LogP contribution in [0.1, 0.15) is 35.2 Å². The highest BCUT2D eigenvalue weighted by molar-refractivity contribution is 7.89. The number of epoxide rings is 1. The van der Waals surface area contributed by atoms with Crippen molar-refractivity contribution in [1.29, 1.82) is 0 Å². The number of hydrogen-bond acceptors (Lipinski definition) is 4. The highest BCUT2D eigenvalue weighted by atomic mass is 32.2. The van der Waals surface area contributed by atoms with Gasteiger partial charge < -0.3 is 9.84 Å². The average Bonchev–Trinajstić information content (AvgIpc) is 2.95. The summed E-state index contributed by atoms with van der Waals surface area (Å²) in [5.74, 6) is -1.31. The van der Waals surface area contributed by atoms with Crippen LogP contribution < -0.4 is 5.14 Å². The van der Waals surface area contributed by atoms with Gasteiger partial charge in [0.1, 0.15) is 0 Å². The Morgan fingerprint density at radius 2 is 1.95 bits per heavy atom. The number of primary sulfonamides is 1. The molecule has 1 aliphatic heterocycles. The topological polar surface area (TPSA) is 110 Å². The highest BCUT2D eigenvalue weighted by Gasteiger charge is 2.42. The summed E-state index contributed by atoms with van der Waals surface area (Å²) < 4.78 is 27.1. The predicted octanol–water partition coefficient (Wildman–Crippen LogP) is 1.28. The van der Waals surface area contributed by atoms with Crippen LogP contribution in [0.25, 0.3) is 0 Å². The number of aryl methyl sites for hydroxylation is 1. The van der Waals surface area contributed by atoms with Crippen molar-refractivity contribution in [2.45, 2.75) is 43.3 Å². The summed E-state index contributed by atoms with van der Waals surface area (Å²) in [6.45, 7) is 1.67. The third-order valence-corrected chi connectivity index (χ3v) is 4.31. The van der Waals surface area contributed by atoms with Crippen LogP contribution in [-0.4, -0.2) is 31.7 Å². The zero-order chi connectivity index (χ0) is 14.9. The van der Waals surface area contributed by atoms with Gasteiger partial charge in [-0.25, -0.2) is 18.4 Å². The number of nitrogens with two attached hydrogens (primary N) is 1. The number of benzene rings is 1. The molecule has 1 aromatic carbocycles. The summed E-state index contributed by atoms with van der Waals surface area (Å²) in [6, 6.07) is 3.95. The molecule has 2 unspecified atom stereocenters. The first-order valence-corrected chi connectivity index (χ1v) is 7.86. The number of carboxylic acid groups (broad SMARTS) is 1. The SMILES string of the molecule is C1CC2OC2C1.Cc1ccc(S(N)(=O)=O)c(C(=O)O)c1. The van der Waals surface area contributed by atoms with Gasteiger partial charge in [0.05, 0.1) is 22.7 Å². The smallest absolute Gasteiger partial charge is 0.337 e. The fourth-order valence-corrected chi connectivity index (χ4v) is 2.98. The molecule has 3 rings (SSSR count). The van der Waals surface area contributed by atoms with E-state index in [9.17, 15) is 13.2 Å². The van der Waals surface area contributed by atoms with E-state index in [1.807, 2.05) is 0 Å². The molecule has 2 fully saturated rings. The van der Waals surface area contributed by atoms with Crippen molar-refractivity contribution in [2.24, 2.45) is 5.14 Å². The lowest BCUT2D eigenvalue weighted by molar-refractivity contribution is 0.0692. The Bertz CT molecular complexity index is 618. The standard InChI is InChI=1S/C8H9NO4S.C5H8O/c1-5-2-3-7(14(9,12)13)6(4-5)8(10)11;1-2-4-5(3-1)6-4/h2-4H,1H3,(H,10,11)(H2,9,12,13);4-5H,1-3H2. The molecule has 1 aliphatic carbocycles. The second-order valence-corrected chi connectivity index (χ2v) is 6.52. The van der Waals surface area contributed by atoms with Gasteiger partial charge in [-0.05, 0) is 38.3 Å². The van der Waals surface area contributed by atoms with Gasteiger partial charge in [-0.15, -0.1) is 0 Å². The van der Waals surface area contributed by atoms with E-state index in [-0.39, 0.29) is 10.5 Å². The molecule has 2 atom stereocenters. The van der Waals surface area contributed by atoms with Crippen LogP contribution in [0, 0.1) is 6.92 Å². The zero-order valence-corrected chi connectivity index (χ0v) is 11.9. The molecule has 0 spiro atoms. The highest BCUT2D eigenvalue weighted by Crippen LogP contribution is 2.37. The predicted molar refractivity (Wildman–Crippen MR) is 72.0 cm³/mol. The maximum Gasteiger partial charge on any atom is 0.337 e. The minimum Gasteiger partial charge on any atom is -0.478 e. The Labute approximate surface area is 117 Å². The number of carbonyl (C=O) groups is 1. The number of carboxylic acids is 1. The molecule has 1 saturated heterocycles. The number of ether oxygens (including phenoxy) is 1. The molecule has 0 aromatic heterocycles. The maximum absolute atomic E-state index is 11.0. The number of rotatable bonds is 2. The lowest BCUT2D eigenvalue weighted by Crippen LogP contribution is -2.16. The molecule has 0 amide bonds. The van der Waals surface area contributed by atoms with Gasteiger partial charge >= 0.3 is 5.97 Å². The van der Waals surface area contributed by atoms with Gasteiger partial charge in [0, 0.05) is 0 Å². The Morgan fingerprint density at radius 1 is 1.35 bits per heavy atom. The van der Waals surface area contributed by atoms with Crippen LogP contribution in [0.15, 0.2) is 23.1 Å². The van der Waals surface area contributed by atoms with Crippen molar-refractivity contribution in [1.82, 2.24) is 0 Å². The molecule has 6 nitrogen and oxygen atoms in total. The van der Waals surface area contributed by atoms with E-state index in [4.69, 9.17) is 15.0 Å². The van der Waals surface area contributed by atoms with Crippen molar-refractivity contribution in [3.8, 4) is 0 Å². The molecule has 1 saturated carbocycles. The lowest BCUT2D eigenvalue weighted by atomic mass is 10.1. The Balaban J connectivity index is 0.000000198. The van der Waals surface area contributed by atoms with Gasteiger partial charge in [0.15, 0.2) is 0 Å². The van der Waals surface area contributed by atoms with E-state index in [0.717, 1.165) is 0 Å². The number of hydrogen-bond donors (Lipinski definition) is 2. The number of fused-ring (bicyclic) bond motifs is 1. The molecule has 1 heterocycles. The van der Waals surface area contributed by atoms with Gasteiger partial charge in [-0.2, -0.15) is 0 Å². The summed E-state index contributed by atoms with van der Waals surface area (Å²) in [7, 11) is -3.98. The van der Waals surface area contributed by atoms with E-state index in [1.165, 1.54) is 37.5 Å². The largest absolute Gasteiger partial charge is 0.478 e. The van der Waals surface area contributed by atoms with Crippen molar-refractivity contribution in [3.63, 3.8) is 0 Å². The summed E-state index contributed by atoms with van der Waals surface area (Å²) >= 11 is 0. The van der Waals surface area contributed by atoms with Crippen molar-refractivity contribution in [2.75, 3.05) is 0 Å². The van der Waals surface area contributed by atoms with E-state index in [0.29, 0.717) is 17.8 Å².